The standard InChI is InChI=1S/C32H42N4O2/c1-30(2)17-24(18-31(3,4)35-30)33-29(38)32-23-16-26(28(37)34-32)25(15-21-11-7-5-8-12-21)27(32)36(20-23)19-22-13-9-6-10-14-22/h5-14,23-27,35H,15-20H2,1-4H3,(H,33,38)(H,34,37). The van der Waals surface area contributed by atoms with Crippen molar-refractivity contribution in [3.63, 3.8) is 0 Å². The summed E-state index contributed by atoms with van der Waals surface area (Å²) in [6, 6.07) is 21.0. The van der Waals surface area contributed by atoms with Crippen molar-refractivity contribution in [1.82, 2.24) is 20.9 Å². The minimum atomic E-state index is -0.890. The van der Waals surface area contributed by atoms with Gasteiger partial charge in [0.1, 0.15) is 5.54 Å². The molecule has 0 spiro atoms. The van der Waals surface area contributed by atoms with Crippen LogP contribution in [0.15, 0.2) is 60.7 Å². The Hall–Kier alpha value is -2.70. The summed E-state index contributed by atoms with van der Waals surface area (Å²) < 4.78 is 0. The molecule has 5 fully saturated rings. The lowest BCUT2D eigenvalue weighted by Gasteiger charge is -2.56. The molecule has 1 saturated carbocycles. The van der Waals surface area contributed by atoms with Crippen molar-refractivity contribution in [1.29, 1.82) is 0 Å². The van der Waals surface area contributed by atoms with Crippen LogP contribution in [0.4, 0.5) is 0 Å². The smallest absolute Gasteiger partial charge is 0.247 e. The molecule has 3 N–H and O–H groups in total. The Labute approximate surface area is 226 Å². The lowest BCUT2D eigenvalue weighted by atomic mass is 9.57. The molecule has 5 unspecified atom stereocenters. The van der Waals surface area contributed by atoms with Gasteiger partial charge in [-0.1, -0.05) is 60.7 Å². The molecule has 202 valence electrons. The molecule has 4 aliphatic heterocycles. The maximum atomic E-state index is 14.5. The summed E-state index contributed by atoms with van der Waals surface area (Å²) in [5, 5.41) is 10.6. The maximum absolute atomic E-state index is 14.5. The first-order valence-electron chi connectivity index (χ1n) is 14.3. The van der Waals surface area contributed by atoms with Crippen LogP contribution < -0.4 is 16.0 Å². The van der Waals surface area contributed by atoms with Crippen molar-refractivity contribution < 1.29 is 9.59 Å². The van der Waals surface area contributed by atoms with Gasteiger partial charge in [0.05, 0.1) is 0 Å². The quantitative estimate of drug-likeness (QED) is 0.550. The Morgan fingerprint density at radius 1 is 0.947 bits per heavy atom. The van der Waals surface area contributed by atoms with E-state index in [1.165, 1.54) is 11.1 Å². The largest absolute Gasteiger partial charge is 0.351 e. The summed E-state index contributed by atoms with van der Waals surface area (Å²) in [6.07, 6.45) is 3.32. The van der Waals surface area contributed by atoms with Crippen molar-refractivity contribution in [2.75, 3.05) is 6.54 Å². The summed E-state index contributed by atoms with van der Waals surface area (Å²) in [6.45, 7) is 10.5. The molecule has 2 amide bonds. The molecule has 38 heavy (non-hydrogen) atoms. The second-order valence-corrected chi connectivity index (χ2v) is 13.6. The first kappa shape index (κ1) is 25.6. The van der Waals surface area contributed by atoms with Gasteiger partial charge in [0.2, 0.25) is 11.8 Å². The number of hydrogen-bond donors (Lipinski definition) is 3. The van der Waals surface area contributed by atoms with Gasteiger partial charge in [-0.05, 0) is 70.4 Å². The lowest BCUT2D eigenvalue weighted by molar-refractivity contribution is -0.155. The monoisotopic (exact) mass is 514 g/mol. The third-order valence-corrected chi connectivity index (χ3v) is 9.53. The molecule has 2 aromatic carbocycles. The van der Waals surface area contributed by atoms with Crippen LogP contribution in [-0.4, -0.2) is 52.0 Å². The molecule has 4 heterocycles. The number of fused-ring (bicyclic) bond motifs is 1. The van der Waals surface area contributed by atoms with Gasteiger partial charge in [-0.2, -0.15) is 0 Å². The van der Waals surface area contributed by atoms with Crippen molar-refractivity contribution in [2.45, 2.75) is 88.6 Å². The lowest BCUT2D eigenvalue weighted by Crippen LogP contribution is -2.78. The van der Waals surface area contributed by atoms with E-state index in [1.54, 1.807) is 0 Å². The second kappa shape index (κ2) is 9.20. The zero-order chi connectivity index (χ0) is 26.7. The SMILES string of the molecule is CC1(C)CC(NC(=O)C23NC(=O)C4CC2CN(Cc2ccccc2)C3C4Cc2ccccc2)CC(C)(C)N1. The van der Waals surface area contributed by atoms with E-state index in [0.717, 1.165) is 38.8 Å². The van der Waals surface area contributed by atoms with Crippen molar-refractivity contribution in [2.24, 2.45) is 17.8 Å². The molecular weight excluding hydrogens is 472 g/mol. The average Bonchev–Trinajstić information content (AvgIpc) is 3.06. The van der Waals surface area contributed by atoms with Crippen molar-refractivity contribution >= 4 is 11.8 Å². The van der Waals surface area contributed by atoms with Crippen molar-refractivity contribution in [3.8, 4) is 0 Å². The van der Waals surface area contributed by atoms with Gasteiger partial charge in [0.15, 0.2) is 0 Å². The highest BCUT2D eigenvalue weighted by Crippen LogP contribution is 2.54. The fourth-order valence-electron chi connectivity index (χ4n) is 8.64. The highest BCUT2D eigenvalue weighted by atomic mass is 16.2. The first-order chi connectivity index (χ1) is 18.1. The van der Waals surface area contributed by atoms with Gasteiger partial charge < -0.3 is 16.0 Å². The van der Waals surface area contributed by atoms with Gasteiger partial charge >= 0.3 is 0 Å². The van der Waals surface area contributed by atoms with Crippen LogP contribution in [0.25, 0.3) is 0 Å². The van der Waals surface area contributed by atoms with E-state index < -0.39 is 5.54 Å². The zero-order valence-corrected chi connectivity index (χ0v) is 23.2. The van der Waals surface area contributed by atoms with Gasteiger partial charge in [0.25, 0.3) is 0 Å². The van der Waals surface area contributed by atoms with E-state index in [-0.39, 0.29) is 52.7 Å². The van der Waals surface area contributed by atoms with E-state index in [1.807, 2.05) is 12.1 Å². The number of carbonyl (C=O) groups excluding carboxylic acids is 2. The van der Waals surface area contributed by atoms with Gasteiger partial charge in [-0.25, -0.2) is 0 Å². The number of benzene rings is 2. The predicted octanol–water partition coefficient (Wildman–Crippen LogP) is 3.66. The number of piperidine rings is 3. The van der Waals surface area contributed by atoms with Crippen LogP contribution in [0, 0.1) is 17.8 Å². The molecule has 6 heteroatoms. The third-order valence-electron chi connectivity index (χ3n) is 9.53. The van der Waals surface area contributed by atoms with Crippen LogP contribution in [-0.2, 0) is 22.6 Å². The van der Waals surface area contributed by atoms with Gasteiger partial charge in [-0.3, -0.25) is 14.5 Å². The number of likely N-dealkylation sites (tertiary alicyclic amines) is 1. The summed E-state index contributed by atoms with van der Waals surface area (Å²) in [7, 11) is 0. The fourth-order valence-corrected chi connectivity index (χ4v) is 8.64. The molecule has 4 bridgehead atoms. The number of amides is 2. The minimum absolute atomic E-state index is 0.0196. The fraction of sp³-hybridized carbons (Fsp3) is 0.562. The Morgan fingerprint density at radius 2 is 1.55 bits per heavy atom. The topological polar surface area (TPSA) is 73.5 Å². The van der Waals surface area contributed by atoms with Crippen LogP contribution in [0.2, 0.25) is 0 Å². The van der Waals surface area contributed by atoms with E-state index in [0.29, 0.717) is 0 Å². The molecule has 4 saturated heterocycles. The molecule has 6 nitrogen and oxygen atoms in total. The Balaban J connectivity index is 1.35. The highest BCUT2D eigenvalue weighted by molar-refractivity contribution is 5.97. The van der Waals surface area contributed by atoms with E-state index in [9.17, 15) is 9.59 Å². The number of nitrogens with one attached hydrogen (secondary N) is 3. The Bertz CT molecular complexity index is 1180. The predicted molar refractivity (Wildman–Crippen MR) is 149 cm³/mol. The summed E-state index contributed by atoms with van der Waals surface area (Å²) in [5.74, 6) is 0.235. The van der Waals surface area contributed by atoms with E-state index in [2.05, 4.69) is 97.1 Å². The van der Waals surface area contributed by atoms with Crippen LogP contribution >= 0.6 is 0 Å². The normalized spacial score (nSPS) is 33.6. The minimum Gasteiger partial charge on any atom is -0.351 e. The van der Waals surface area contributed by atoms with Crippen LogP contribution in [0.3, 0.4) is 0 Å². The molecule has 5 aliphatic rings. The number of hydrogen-bond acceptors (Lipinski definition) is 4. The van der Waals surface area contributed by atoms with E-state index >= 15 is 0 Å². The zero-order valence-electron chi connectivity index (χ0n) is 23.2. The number of nitrogens with zero attached hydrogens (tertiary/aromatic N) is 1. The molecule has 0 aromatic heterocycles. The molecule has 5 atom stereocenters. The second-order valence-electron chi connectivity index (χ2n) is 13.6. The van der Waals surface area contributed by atoms with Crippen molar-refractivity contribution in [3.05, 3.63) is 71.8 Å². The van der Waals surface area contributed by atoms with Gasteiger partial charge in [0, 0.05) is 48.1 Å². The number of rotatable bonds is 6. The van der Waals surface area contributed by atoms with Gasteiger partial charge in [-0.15, -0.1) is 0 Å². The highest BCUT2D eigenvalue weighted by Gasteiger charge is 2.70. The Morgan fingerprint density at radius 3 is 2.18 bits per heavy atom. The summed E-state index contributed by atoms with van der Waals surface area (Å²) in [5.41, 5.74) is 1.45. The van der Waals surface area contributed by atoms with Crippen LogP contribution in [0.5, 0.6) is 0 Å². The summed E-state index contributed by atoms with van der Waals surface area (Å²) in [4.78, 5) is 30.5. The van der Waals surface area contributed by atoms with Crippen LogP contribution in [0.1, 0.15) is 58.1 Å². The molecule has 1 aliphatic carbocycles. The molecular formula is C32H42N4O2. The first-order valence-corrected chi connectivity index (χ1v) is 14.3. The molecule has 7 rings (SSSR count). The Kier molecular flexibility index (Phi) is 6.19. The molecule has 2 aromatic rings. The third kappa shape index (κ3) is 4.46. The maximum Gasteiger partial charge on any atom is 0.247 e. The molecule has 0 radical (unpaired) electrons. The summed E-state index contributed by atoms with van der Waals surface area (Å²) >= 11 is 0. The number of carbonyl (C=O) groups is 2. The van der Waals surface area contributed by atoms with E-state index in [4.69, 9.17) is 0 Å². The average molecular weight is 515 g/mol.